The molecule has 1 aliphatic rings. The van der Waals surface area contributed by atoms with Crippen molar-refractivity contribution in [2.75, 3.05) is 6.54 Å². The van der Waals surface area contributed by atoms with Crippen molar-refractivity contribution in [3.63, 3.8) is 0 Å². The van der Waals surface area contributed by atoms with Crippen molar-refractivity contribution in [1.82, 2.24) is 40.8 Å². The molecule has 4 unspecified atom stereocenters. The third-order valence-electron chi connectivity index (χ3n) is 11.1. The number of rotatable bonds is 12. The van der Waals surface area contributed by atoms with E-state index in [4.69, 9.17) is 14.5 Å². The van der Waals surface area contributed by atoms with E-state index in [0.29, 0.717) is 29.3 Å². The van der Waals surface area contributed by atoms with E-state index in [-0.39, 0.29) is 17.9 Å². The zero-order valence-electron chi connectivity index (χ0n) is 39.8. The Bertz CT molecular complexity index is 2650. The Balaban J connectivity index is 0.982. The summed E-state index contributed by atoms with van der Waals surface area (Å²) in [6.07, 6.45) is 3.71. The highest BCUT2D eigenvalue weighted by Gasteiger charge is 2.38. The van der Waals surface area contributed by atoms with Gasteiger partial charge in [-0.05, 0) is 107 Å². The fraction of sp³-hybridized carbons (Fsp3) is 0.333. The van der Waals surface area contributed by atoms with Crippen LogP contribution in [0.25, 0.3) is 22.5 Å². The molecule has 0 aliphatic carbocycles. The van der Waals surface area contributed by atoms with E-state index in [2.05, 4.69) is 42.7 Å². The van der Waals surface area contributed by atoms with Gasteiger partial charge in [-0.3, -0.25) is 9.59 Å². The van der Waals surface area contributed by atoms with Crippen LogP contribution >= 0.6 is 0 Å². The van der Waals surface area contributed by atoms with Gasteiger partial charge in [-0.2, -0.15) is 0 Å². The van der Waals surface area contributed by atoms with E-state index >= 15 is 0 Å². The van der Waals surface area contributed by atoms with Crippen molar-refractivity contribution >= 4 is 24.0 Å². The number of hydrogen-bond acceptors (Lipinski definition) is 8. The summed E-state index contributed by atoms with van der Waals surface area (Å²) in [5.74, 6) is 7.13. The van der Waals surface area contributed by atoms with E-state index in [1.807, 2.05) is 111 Å². The topological polar surface area (TPSA) is 183 Å². The molecule has 1 saturated heterocycles. The van der Waals surface area contributed by atoms with Gasteiger partial charge in [0.15, 0.2) is 0 Å². The van der Waals surface area contributed by atoms with Crippen LogP contribution in [0.15, 0.2) is 122 Å². The maximum atomic E-state index is 14.1. The first-order chi connectivity index (χ1) is 32.4. The molecule has 68 heavy (non-hydrogen) atoms. The summed E-state index contributed by atoms with van der Waals surface area (Å²) in [4.78, 5) is 71.6. The second-order valence-corrected chi connectivity index (χ2v) is 19.2. The van der Waals surface area contributed by atoms with Gasteiger partial charge in [0.2, 0.25) is 5.91 Å². The van der Waals surface area contributed by atoms with Crippen LogP contribution in [-0.2, 0) is 19.1 Å². The highest BCUT2D eigenvalue weighted by Crippen LogP contribution is 2.34. The minimum atomic E-state index is -0.982. The molecule has 1 fully saturated rings. The number of likely N-dealkylation sites (tertiary alicyclic amines) is 1. The summed E-state index contributed by atoms with van der Waals surface area (Å²) < 4.78 is 11.0. The number of carbonyl (C=O) groups excluding carboxylic acids is 4. The molecule has 352 valence electrons. The average molecular weight is 917 g/mol. The number of imidazole rings is 2. The standard InChI is InChI=1S/C54H60N8O6/c1-34(2)44(59-49(63)45(39-16-11-9-12-17-39)60-51(65)67-53(3,4)5)48-56-33-42(58-48)38-29-25-36(26-30-38)22-21-35-23-27-37(28-24-35)41-32-55-47(57-41)43-20-15-31-62(43)50(64)46(40-18-13-10-14-19-40)61-52(66)68-54(6,7)8/h9-14,16-19,23-30,32-34,43-46H,15,20,31H2,1-8H3,(H,55,57)(H,56,58)(H,59,63)(H,60,65)(H,61,66). The highest BCUT2D eigenvalue weighted by atomic mass is 16.6. The van der Waals surface area contributed by atoms with Gasteiger partial charge in [-0.15, -0.1) is 0 Å². The van der Waals surface area contributed by atoms with Crippen LogP contribution in [0.2, 0.25) is 0 Å². The van der Waals surface area contributed by atoms with Gasteiger partial charge >= 0.3 is 12.2 Å². The SMILES string of the molecule is CC(C)C(NC(=O)C(NC(=O)OC(C)(C)C)c1ccccc1)c1ncc(-c2ccc(C#Cc3ccc(-c4cnc(C5CCCN5C(=O)C(NC(=O)OC(C)(C)C)c5ccccc5)[nH]4)cc3)cc2)[nH]1. The summed E-state index contributed by atoms with van der Waals surface area (Å²) in [5, 5.41) is 8.65. The Labute approximate surface area is 398 Å². The van der Waals surface area contributed by atoms with Gasteiger partial charge in [0.05, 0.1) is 35.9 Å². The number of alkyl carbamates (subject to hydrolysis) is 2. The van der Waals surface area contributed by atoms with Crippen LogP contribution in [0.3, 0.4) is 0 Å². The summed E-state index contributed by atoms with van der Waals surface area (Å²) in [6, 6.07) is 31.3. The molecule has 14 heteroatoms. The number of ether oxygens (including phenoxy) is 2. The molecule has 1 aliphatic heterocycles. The minimum Gasteiger partial charge on any atom is -0.444 e. The predicted molar refractivity (Wildman–Crippen MR) is 261 cm³/mol. The minimum absolute atomic E-state index is 0.0317. The number of hydrogen-bond donors (Lipinski definition) is 5. The molecule has 3 heterocycles. The monoisotopic (exact) mass is 916 g/mol. The summed E-state index contributed by atoms with van der Waals surface area (Å²) in [7, 11) is 0. The second-order valence-electron chi connectivity index (χ2n) is 19.2. The zero-order chi connectivity index (χ0) is 48.6. The molecule has 14 nitrogen and oxygen atoms in total. The number of benzene rings is 4. The summed E-state index contributed by atoms with van der Waals surface area (Å²) in [6.45, 7) is 15.2. The largest absolute Gasteiger partial charge is 0.444 e. The van der Waals surface area contributed by atoms with Gasteiger partial charge in [0.25, 0.3) is 5.91 Å². The number of nitrogens with zero attached hydrogens (tertiary/aromatic N) is 3. The van der Waals surface area contributed by atoms with E-state index in [1.165, 1.54) is 0 Å². The highest BCUT2D eigenvalue weighted by molar-refractivity contribution is 5.88. The number of amides is 4. The molecule has 7 rings (SSSR count). The fourth-order valence-corrected chi connectivity index (χ4v) is 7.90. The molecule has 0 spiro atoms. The van der Waals surface area contributed by atoms with E-state index in [1.54, 1.807) is 71.0 Å². The van der Waals surface area contributed by atoms with Gasteiger partial charge in [-0.25, -0.2) is 19.6 Å². The number of aromatic amines is 2. The van der Waals surface area contributed by atoms with Crippen LogP contribution in [-0.4, -0.2) is 66.6 Å². The Morgan fingerprint density at radius 3 is 1.65 bits per heavy atom. The molecular formula is C54H60N8O6. The Morgan fingerprint density at radius 2 is 1.13 bits per heavy atom. The Morgan fingerprint density at radius 1 is 0.647 bits per heavy atom. The van der Waals surface area contributed by atoms with Gasteiger partial charge in [0, 0.05) is 17.7 Å². The van der Waals surface area contributed by atoms with Crippen molar-refractivity contribution in [3.8, 4) is 34.4 Å². The summed E-state index contributed by atoms with van der Waals surface area (Å²) >= 11 is 0. The lowest BCUT2D eigenvalue weighted by Gasteiger charge is -2.29. The van der Waals surface area contributed by atoms with Crippen molar-refractivity contribution < 1.29 is 28.7 Å². The van der Waals surface area contributed by atoms with Gasteiger partial charge < -0.3 is 40.3 Å². The molecule has 4 amide bonds. The van der Waals surface area contributed by atoms with Crippen molar-refractivity contribution in [2.24, 2.45) is 5.92 Å². The average Bonchev–Trinajstić information content (AvgIpc) is 4.10. The predicted octanol–water partition coefficient (Wildman–Crippen LogP) is 9.88. The Hall–Kier alpha value is -7.66. The molecule has 2 aromatic heterocycles. The first-order valence-electron chi connectivity index (χ1n) is 22.9. The van der Waals surface area contributed by atoms with E-state index < -0.39 is 47.4 Å². The zero-order valence-corrected chi connectivity index (χ0v) is 39.8. The lowest BCUT2D eigenvalue weighted by molar-refractivity contribution is -0.134. The number of carbonyl (C=O) groups is 4. The van der Waals surface area contributed by atoms with Crippen molar-refractivity contribution in [1.29, 1.82) is 0 Å². The summed E-state index contributed by atoms with van der Waals surface area (Å²) in [5.41, 5.74) is 4.94. The number of nitrogens with one attached hydrogen (secondary N) is 5. The molecule has 6 aromatic rings. The first kappa shape index (κ1) is 48.3. The van der Waals surface area contributed by atoms with Crippen LogP contribution < -0.4 is 16.0 Å². The molecular weight excluding hydrogens is 857 g/mol. The molecule has 0 bridgehead atoms. The maximum absolute atomic E-state index is 14.1. The third-order valence-corrected chi connectivity index (χ3v) is 11.1. The normalized spacial score (nSPS) is 15.1. The first-order valence-corrected chi connectivity index (χ1v) is 22.9. The fourth-order valence-electron chi connectivity index (χ4n) is 7.90. The van der Waals surface area contributed by atoms with Crippen LogP contribution in [0.5, 0.6) is 0 Å². The quantitative estimate of drug-likeness (QED) is 0.0752. The van der Waals surface area contributed by atoms with Crippen molar-refractivity contribution in [3.05, 3.63) is 155 Å². The lowest BCUT2D eigenvalue weighted by atomic mass is 10.0. The van der Waals surface area contributed by atoms with Gasteiger partial charge in [-0.1, -0.05) is 111 Å². The third kappa shape index (κ3) is 12.6. The van der Waals surface area contributed by atoms with Gasteiger partial charge in [0.1, 0.15) is 34.9 Å². The lowest BCUT2D eigenvalue weighted by Crippen LogP contribution is -2.44. The number of aromatic nitrogens is 4. The Kier molecular flexibility index (Phi) is 14.8. The number of H-pyrrole nitrogens is 2. The molecule has 0 saturated carbocycles. The molecule has 5 N–H and O–H groups in total. The van der Waals surface area contributed by atoms with Crippen LogP contribution in [0.4, 0.5) is 9.59 Å². The smallest absolute Gasteiger partial charge is 0.408 e. The van der Waals surface area contributed by atoms with E-state index in [0.717, 1.165) is 46.5 Å². The maximum Gasteiger partial charge on any atom is 0.408 e. The molecule has 0 radical (unpaired) electrons. The second kappa shape index (κ2) is 20.9. The van der Waals surface area contributed by atoms with Crippen LogP contribution in [0.1, 0.15) is 126 Å². The van der Waals surface area contributed by atoms with Crippen LogP contribution in [0, 0.1) is 17.8 Å². The molecule has 4 aromatic carbocycles. The van der Waals surface area contributed by atoms with E-state index in [9.17, 15) is 19.2 Å². The molecule has 4 atom stereocenters. The van der Waals surface area contributed by atoms with Crippen molar-refractivity contribution in [2.45, 2.75) is 104 Å².